The maximum atomic E-state index is 12.0. The summed E-state index contributed by atoms with van der Waals surface area (Å²) in [5.74, 6) is 0.206. The van der Waals surface area contributed by atoms with Crippen LogP contribution in [0.2, 0.25) is 0 Å². The second-order valence-electron chi connectivity index (χ2n) is 4.47. The van der Waals surface area contributed by atoms with Gasteiger partial charge >= 0.3 is 0 Å². The molecule has 1 saturated heterocycles. The molecule has 0 N–H and O–H groups in total. The van der Waals surface area contributed by atoms with Crippen LogP contribution in [-0.4, -0.2) is 43.3 Å². The number of carbonyl (C=O) groups is 1. The van der Waals surface area contributed by atoms with E-state index in [4.69, 9.17) is 0 Å². The first kappa shape index (κ1) is 15.0. The highest BCUT2D eigenvalue weighted by atomic mass is 32.2. The van der Waals surface area contributed by atoms with E-state index in [1.165, 1.54) is 6.08 Å². The number of carbonyl (C=O) groups excluding carboxylic acids is 1. The van der Waals surface area contributed by atoms with Crippen LogP contribution in [0.4, 0.5) is 0 Å². The summed E-state index contributed by atoms with van der Waals surface area (Å²) in [6.07, 6.45) is 8.21. The Labute approximate surface area is 109 Å². The van der Waals surface area contributed by atoms with Gasteiger partial charge in [-0.05, 0) is 19.8 Å². The maximum absolute atomic E-state index is 12.0. The van der Waals surface area contributed by atoms with E-state index in [0.29, 0.717) is 13.0 Å². The lowest BCUT2D eigenvalue weighted by Crippen LogP contribution is -2.40. The number of sulfone groups is 1. The third-order valence-electron chi connectivity index (χ3n) is 2.94. The van der Waals surface area contributed by atoms with Gasteiger partial charge in [0.25, 0.3) is 0 Å². The molecule has 0 spiro atoms. The molecular formula is C13H21NO3S. The van der Waals surface area contributed by atoms with E-state index in [2.05, 4.69) is 0 Å². The molecular weight excluding hydrogens is 250 g/mol. The van der Waals surface area contributed by atoms with Crippen LogP contribution in [0.15, 0.2) is 24.3 Å². The molecule has 1 atom stereocenters. The first-order valence-electron chi connectivity index (χ1n) is 6.30. The van der Waals surface area contributed by atoms with Crippen LogP contribution < -0.4 is 0 Å². The van der Waals surface area contributed by atoms with Crippen molar-refractivity contribution >= 4 is 15.7 Å². The fourth-order valence-corrected chi connectivity index (χ4v) is 3.81. The van der Waals surface area contributed by atoms with Crippen LogP contribution in [0.1, 0.15) is 26.7 Å². The largest absolute Gasteiger partial charge is 0.335 e. The summed E-state index contributed by atoms with van der Waals surface area (Å²) in [5, 5.41) is 0. The van der Waals surface area contributed by atoms with E-state index in [9.17, 15) is 13.2 Å². The van der Waals surface area contributed by atoms with Crippen molar-refractivity contribution in [2.75, 3.05) is 18.1 Å². The lowest BCUT2D eigenvalue weighted by molar-refractivity contribution is -0.127. The van der Waals surface area contributed by atoms with Crippen LogP contribution in [0, 0.1) is 0 Å². The Morgan fingerprint density at radius 1 is 1.39 bits per heavy atom. The van der Waals surface area contributed by atoms with E-state index in [-0.39, 0.29) is 23.5 Å². The molecule has 0 saturated carbocycles. The van der Waals surface area contributed by atoms with Crippen molar-refractivity contribution in [1.82, 2.24) is 4.90 Å². The Bertz CT molecular complexity index is 437. The van der Waals surface area contributed by atoms with Gasteiger partial charge in [-0.1, -0.05) is 25.2 Å². The standard InChI is InChI=1S/C13H21NO3S/c1-3-5-6-7-13(15)14(9-4-2)12-8-10-18(16,17)11-12/h3,5-7,12H,4,8-11H2,1-2H3. The molecule has 5 heteroatoms. The monoisotopic (exact) mass is 271 g/mol. The molecule has 0 aromatic carbocycles. The van der Waals surface area contributed by atoms with E-state index < -0.39 is 9.84 Å². The number of rotatable bonds is 5. The molecule has 0 aromatic heterocycles. The van der Waals surface area contributed by atoms with Crippen LogP contribution in [-0.2, 0) is 14.6 Å². The lowest BCUT2D eigenvalue weighted by atomic mass is 10.2. The number of allylic oxidation sites excluding steroid dienone is 3. The van der Waals surface area contributed by atoms with Gasteiger partial charge in [0, 0.05) is 18.7 Å². The Balaban J connectivity index is 2.73. The Kier molecular flexibility index (Phi) is 5.59. The lowest BCUT2D eigenvalue weighted by Gasteiger charge is -2.26. The fraction of sp³-hybridized carbons (Fsp3) is 0.615. The first-order valence-corrected chi connectivity index (χ1v) is 8.12. The summed E-state index contributed by atoms with van der Waals surface area (Å²) < 4.78 is 22.9. The number of hydrogen-bond donors (Lipinski definition) is 0. The van der Waals surface area contributed by atoms with Crippen molar-refractivity contribution in [3.05, 3.63) is 24.3 Å². The van der Waals surface area contributed by atoms with Crippen molar-refractivity contribution in [2.24, 2.45) is 0 Å². The van der Waals surface area contributed by atoms with Gasteiger partial charge in [0.2, 0.25) is 5.91 Å². The molecule has 1 unspecified atom stereocenters. The minimum atomic E-state index is -2.95. The molecule has 1 aliphatic heterocycles. The summed E-state index contributed by atoms with van der Waals surface area (Å²) in [6.45, 7) is 4.47. The van der Waals surface area contributed by atoms with Crippen molar-refractivity contribution < 1.29 is 13.2 Å². The highest BCUT2D eigenvalue weighted by Crippen LogP contribution is 2.18. The number of amides is 1. The van der Waals surface area contributed by atoms with Gasteiger partial charge < -0.3 is 4.90 Å². The van der Waals surface area contributed by atoms with Gasteiger partial charge in [0.15, 0.2) is 9.84 Å². The minimum Gasteiger partial charge on any atom is -0.335 e. The van der Waals surface area contributed by atoms with Crippen molar-refractivity contribution in [1.29, 1.82) is 0 Å². The molecule has 1 heterocycles. The second-order valence-corrected chi connectivity index (χ2v) is 6.70. The van der Waals surface area contributed by atoms with Crippen LogP contribution in [0.3, 0.4) is 0 Å². The SMILES string of the molecule is CC=CC=CC(=O)N(CCC)C1CCS(=O)(=O)C1. The van der Waals surface area contributed by atoms with Crippen LogP contribution >= 0.6 is 0 Å². The van der Waals surface area contributed by atoms with E-state index in [1.54, 1.807) is 17.1 Å². The third-order valence-corrected chi connectivity index (χ3v) is 4.69. The Hall–Kier alpha value is -1.10. The van der Waals surface area contributed by atoms with Crippen LogP contribution in [0.25, 0.3) is 0 Å². The van der Waals surface area contributed by atoms with Gasteiger partial charge in [-0.25, -0.2) is 8.42 Å². The molecule has 1 fully saturated rings. The molecule has 4 nitrogen and oxygen atoms in total. The van der Waals surface area contributed by atoms with Gasteiger partial charge in [-0.15, -0.1) is 0 Å². The van der Waals surface area contributed by atoms with Crippen molar-refractivity contribution in [2.45, 2.75) is 32.7 Å². The molecule has 0 aromatic rings. The topological polar surface area (TPSA) is 54.5 Å². The second kappa shape index (κ2) is 6.73. The molecule has 18 heavy (non-hydrogen) atoms. The zero-order chi connectivity index (χ0) is 13.6. The fourth-order valence-electron chi connectivity index (χ4n) is 2.08. The van der Waals surface area contributed by atoms with Crippen LogP contribution in [0.5, 0.6) is 0 Å². The van der Waals surface area contributed by atoms with E-state index in [1.807, 2.05) is 19.9 Å². The predicted octanol–water partition coefficient (Wildman–Crippen LogP) is 1.54. The van der Waals surface area contributed by atoms with Crippen molar-refractivity contribution in [3.63, 3.8) is 0 Å². The van der Waals surface area contributed by atoms with Gasteiger partial charge in [-0.3, -0.25) is 4.79 Å². The summed E-state index contributed by atoms with van der Waals surface area (Å²) in [4.78, 5) is 13.7. The molecule has 1 aliphatic rings. The molecule has 0 bridgehead atoms. The molecule has 0 radical (unpaired) electrons. The average molecular weight is 271 g/mol. The zero-order valence-corrected chi connectivity index (χ0v) is 11.8. The smallest absolute Gasteiger partial charge is 0.246 e. The minimum absolute atomic E-state index is 0.1000. The predicted molar refractivity (Wildman–Crippen MR) is 73.0 cm³/mol. The van der Waals surface area contributed by atoms with E-state index in [0.717, 1.165) is 6.42 Å². The first-order chi connectivity index (χ1) is 8.50. The summed E-state index contributed by atoms with van der Waals surface area (Å²) >= 11 is 0. The molecule has 1 amide bonds. The number of hydrogen-bond acceptors (Lipinski definition) is 3. The average Bonchev–Trinajstić information content (AvgIpc) is 2.66. The highest BCUT2D eigenvalue weighted by molar-refractivity contribution is 7.91. The molecule has 1 rings (SSSR count). The normalized spacial score (nSPS) is 22.9. The summed E-state index contributed by atoms with van der Waals surface area (Å²) in [7, 11) is -2.95. The maximum Gasteiger partial charge on any atom is 0.246 e. The van der Waals surface area contributed by atoms with Gasteiger partial charge in [-0.2, -0.15) is 0 Å². The van der Waals surface area contributed by atoms with Gasteiger partial charge in [0.05, 0.1) is 11.5 Å². The zero-order valence-electron chi connectivity index (χ0n) is 11.0. The summed E-state index contributed by atoms with van der Waals surface area (Å²) in [5.41, 5.74) is 0. The quantitative estimate of drug-likeness (QED) is 0.563. The third kappa shape index (κ3) is 4.29. The van der Waals surface area contributed by atoms with Gasteiger partial charge in [0.1, 0.15) is 0 Å². The summed E-state index contributed by atoms with van der Waals surface area (Å²) in [6, 6.07) is -0.155. The van der Waals surface area contributed by atoms with E-state index >= 15 is 0 Å². The highest BCUT2D eigenvalue weighted by Gasteiger charge is 2.33. The Morgan fingerprint density at radius 2 is 2.11 bits per heavy atom. The number of nitrogens with zero attached hydrogens (tertiary/aromatic N) is 1. The Morgan fingerprint density at radius 3 is 2.61 bits per heavy atom. The molecule has 102 valence electrons. The van der Waals surface area contributed by atoms with Crippen molar-refractivity contribution in [3.8, 4) is 0 Å². The molecule has 0 aliphatic carbocycles.